The van der Waals surface area contributed by atoms with Crippen molar-refractivity contribution in [3.8, 4) is 0 Å². The second kappa shape index (κ2) is 8.59. The topological polar surface area (TPSA) is 49.9 Å². The molecule has 0 radical (unpaired) electrons. The Morgan fingerprint density at radius 3 is 2.37 bits per heavy atom. The van der Waals surface area contributed by atoms with Crippen molar-refractivity contribution in [3.63, 3.8) is 0 Å². The maximum Gasteiger partial charge on any atom is 0.268 e. The molecule has 2 amide bonds. The number of rotatable bonds is 6. The Morgan fingerprint density at radius 1 is 1.04 bits per heavy atom. The van der Waals surface area contributed by atoms with Gasteiger partial charge in [-0.1, -0.05) is 32.0 Å². The molecule has 5 nitrogen and oxygen atoms in total. The number of aryl methyl sites for hydroxylation is 2. The minimum absolute atomic E-state index is 0.153. The SMILES string of the molecule is Cc1ccc(C2=C(SC(C)C)C(=O)N(CCN3CCOCC3)C2=O)cc1C. The Kier molecular flexibility index (Phi) is 6.40. The van der Waals surface area contributed by atoms with Crippen molar-refractivity contribution >= 4 is 29.1 Å². The zero-order valence-electron chi connectivity index (χ0n) is 16.6. The van der Waals surface area contributed by atoms with E-state index in [1.807, 2.05) is 45.9 Å². The monoisotopic (exact) mass is 388 g/mol. The van der Waals surface area contributed by atoms with Crippen LogP contribution in [0.3, 0.4) is 0 Å². The van der Waals surface area contributed by atoms with E-state index in [1.165, 1.54) is 22.2 Å². The average molecular weight is 389 g/mol. The van der Waals surface area contributed by atoms with E-state index < -0.39 is 0 Å². The van der Waals surface area contributed by atoms with Gasteiger partial charge < -0.3 is 4.74 Å². The molecule has 2 aliphatic rings. The van der Waals surface area contributed by atoms with Crippen molar-refractivity contribution in [2.45, 2.75) is 32.9 Å². The number of thioether (sulfide) groups is 1. The van der Waals surface area contributed by atoms with E-state index in [1.54, 1.807) is 0 Å². The summed E-state index contributed by atoms with van der Waals surface area (Å²) in [4.78, 5) is 30.5. The van der Waals surface area contributed by atoms with E-state index in [9.17, 15) is 9.59 Å². The third-order valence-electron chi connectivity index (χ3n) is 5.02. The Hall–Kier alpha value is -1.63. The lowest BCUT2D eigenvalue weighted by atomic mass is 10.0. The number of nitrogens with zero attached hydrogens (tertiary/aromatic N) is 2. The number of morpholine rings is 1. The van der Waals surface area contributed by atoms with Crippen molar-refractivity contribution in [2.24, 2.45) is 0 Å². The minimum Gasteiger partial charge on any atom is -0.379 e. The van der Waals surface area contributed by atoms with E-state index in [4.69, 9.17) is 4.74 Å². The zero-order chi connectivity index (χ0) is 19.6. The summed E-state index contributed by atoms with van der Waals surface area (Å²) >= 11 is 1.49. The second-order valence-corrected chi connectivity index (χ2v) is 8.97. The van der Waals surface area contributed by atoms with Crippen molar-refractivity contribution in [2.75, 3.05) is 39.4 Å². The van der Waals surface area contributed by atoms with Crippen molar-refractivity contribution in [1.29, 1.82) is 0 Å². The Balaban J connectivity index is 1.85. The van der Waals surface area contributed by atoms with Crippen LogP contribution in [0, 0.1) is 13.8 Å². The number of hydrogen-bond donors (Lipinski definition) is 0. The van der Waals surface area contributed by atoms with Gasteiger partial charge in [0.1, 0.15) is 0 Å². The smallest absolute Gasteiger partial charge is 0.268 e. The summed E-state index contributed by atoms with van der Waals surface area (Å²) < 4.78 is 5.37. The van der Waals surface area contributed by atoms with Crippen molar-refractivity contribution < 1.29 is 14.3 Å². The van der Waals surface area contributed by atoms with Crippen LogP contribution >= 0.6 is 11.8 Å². The van der Waals surface area contributed by atoms with Crippen LogP contribution in [0.2, 0.25) is 0 Å². The lowest BCUT2D eigenvalue weighted by Gasteiger charge is -2.28. The molecule has 0 bridgehead atoms. The molecule has 146 valence electrons. The second-order valence-electron chi connectivity index (χ2n) is 7.39. The Morgan fingerprint density at radius 2 is 1.74 bits per heavy atom. The van der Waals surface area contributed by atoms with Crippen LogP contribution in [0.4, 0.5) is 0 Å². The lowest BCUT2D eigenvalue weighted by Crippen LogP contribution is -2.43. The Labute approximate surface area is 165 Å². The van der Waals surface area contributed by atoms with E-state index in [-0.39, 0.29) is 17.1 Å². The third kappa shape index (κ3) is 4.45. The number of ether oxygens (including phenoxy) is 1. The minimum atomic E-state index is -0.167. The van der Waals surface area contributed by atoms with Crippen LogP contribution in [0.5, 0.6) is 0 Å². The molecule has 0 unspecified atom stereocenters. The Bertz CT molecular complexity index is 767. The molecule has 2 heterocycles. The summed E-state index contributed by atoms with van der Waals surface area (Å²) in [6, 6.07) is 5.99. The van der Waals surface area contributed by atoms with Gasteiger partial charge in [0.2, 0.25) is 0 Å². The molecule has 0 saturated carbocycles. The number of carbonyl (C=O) groups excluding carboxylic acids is 2. The number of imide groups is 1. The molecule has 1 fully saturated rings. The molecule has 0 spiro atoms. The molecule has 2 aliphatic heterocycles. The molecule has 1 saturated heterocycles. The van der Waals surface area contributed by atoms with Crippen LogP contribution in [0.25, 0.3) is 5.57 Å². The highest BCUT2D eigenvalue weighted by atomic mass is 32.2. The normalized spacial score (nSPS) is 18.9. The van der Waals surface area contributed by atoms with Gasteiger partial charge in [0.25, 0.3) is 11.8 Å². The molecule has 0 N–H and O–H groups in total. The maximum absolute atomic E-state index is 13.2. The van der Waals surface area contributed by atoms with Crippen LogP contribution < -0.4 is 0 Å². The van der Waals surface area contributed by atoms with Crippen LogP contribution in [0.1, 0.15) is 30.5 Å². The first kappa shape index (κ1) is 20.1. The fourth-order valence-corrected chi connectivity index (χ4v) is 4.33. The van der Waals surface area contributed by atoms with Crippen molar-refractivity contribution in [1.82, 2.24) is 9.80 Å². The first-order chi connectivity index (χ1) is 12.9. The zero-order valence-corrected chi connectivity index (χ0v) is 17.4. The molecule has 0 atom stereocenters. The summed E-state index contributed by atoms with van der Waals surface area (Å²) in [5, 5.41) is 0.234. The van der Waals surface area contributed by atoms with Gasteiger partial charge in [-0.25, -0.2) is 0 Å². The average Bonchev–Trinajstić information content (AvgIpc) is 2.86. The first-order valence-electron chi connectivity index (χ1n) is 9.53. The molecule has 1 aromatic carbocycles. The highest BCUT2D eigenvalue weighted by Crippen LogP contribution is 2.38. The van der Waals surface area contributed by atoms with Gasteiger partial charge in [-0.3, -0.25) is 19.4 Å². The lowest BCUT2D eigenvalue weighted by molar-refractivity contribution is -0.136. The molecular formula is C21H28N2O3S. The third-order valence-corrected chi connectivity index (χ3v) is 6.10. The van der Waals surface area contributed by atoms with Crippen LogP contribution in [-0.4, -0.2) is 66.3 Å². The van der Waals surface area contributed by atoms with Gasteiger partial charge in [0.05, 0.1) is 23.7 Å². The van der Waals surface area contributed by atoms with E-state index in [0.717, 1.165) is 24.2 Å². The molecule has 3 rings (SSSR count). The summed E-state index contributed by atoms with van der Waals surface area (Å²) in [6.07, 6.45) is 0. The molecule has 6 heteroatoms. The van der Waals surface area contributed by atoms with Gasteiger partial charge >= 0.3 is 0 Å². The van der Waals surface area contributed by atoms with Gasteiger partial charge in [-0.15, -0.1) is 11.8 Å². The fourth-order valence-electron chi connectivity index (χ4n) is 3.32. The molecule has 27 heavy (non-hydrogen) atoms. The fraction of sp³-hybridized carbons (Fsp3) is 0.524. The summed E-state index contributed by atoms with van der Waals surface area (Å²) in [7, 11) is 0. The highest BCUT2D eigenvalue weighted by molar-refractivity contribution is 8.04. The van der Waals surface area contributed by atoms with E-state index >= 15 is 0 Å². The van der Waals surface area contributed by atoms with Gasteiger partial charge in [0.15, 0.2) is 0 Å². The predicted octanol–water partition coefficient (Wildman–Crippen LogP) is 2.86. The van der Waals surface area contributed by atoms with Gasteiger partial charge in [-0.2, -0.15) is 0 Å². The van der Waals surface area contributed by atoms with Gasteiger partial charge in [0, 0.05) is 31.4 Å². The first-order valence-corrected chi connectivity index (χ1v) is 10.4. The molecule has 0 aromatic heterocycles. The standard InChI is InChI=1S/C21H28N2O3S/c1-14(2)27-19-18(17-6-5-15(3)16(4)13-17)20(24)23(21(19)25)8-7-22-9-11-26-12-10-22/h5-6,13-14H,7-12H2,1-4H3. The predicted molar refractivity (Wildman–Crippen MR) is 110 cm³/mol. The summed E-state index contributed by atoms with van der Waals surface area (Å²) in [5.74, 6) is -0.320. The number of benzene rings is 1. The number of carbonyl (C=O) groups is 2. The van der Waals surface area contributed by atoms with Gasteiger partial charge in [-0.05, 0) is 30.5 Å². The van der Waals surface area contributed by atoms with Crippen molar-refractivity contribution in [3.05, 3.63) is 39.8 Å². The maximum atomic E-state index is 13.2. The largest absolute Gasteiger partial charge is 0.379 e. The highest BCUT2D eigenvalue weighted by Gasteiger charge is 2.39. The summed E-state index contributed by atoms with van der Waals surface area (Å²) in [6.45, 7) is 12.4. The summed E-state index contributed by atoms with van der Waals surface area (Å²) in [5.41, 5.74) is 3.71. The molecular weight excluding hydrogens is 360 g/mol. The number of hydrogen-bond acceptors (Lipinski definition) is 5. The quantitative estimate of drug-likeness (QED) is 0.702. The van der Waals surface area contributed by atoms with Crippen LogP contribution in [0.15, 0.2) is 23.1 Å². The number of amides is 2. The van der Waals surface area contributed by atoms with E-state index in [2.05, 4.69) is 4.90 Å². The van der Waals surface area contributed by atoms with Crippen LogP contribution in [-0.2, 0) is 14.3 Å². The van der Waals surface area contributed by atoms with E-state index in [0.29, 0.717) is 36.8 Å². The molecule has 1 aromatic rings. The molecule has 0 aliphatic carbocycles.